The van der Waals surface area contributed by atoms with E-state index in [2.05, 4.69) is 32.0 Å². The quantitative estimate of drug-likeness (QED) is 0.732. The smallest absolute Gasteiger partial charge is 0.312 e. The van der Waals surface area contributed by atoms with Gasteiger partial charge < -0.3 is 4.74 Å². The van der Waals surface area contributed by atoms with Crippen LogP contribution in [0.2, 0.25) is 0 Å². The lowest BCUT2D eigenvalue weighted by molar-refractivity contribution is -0.141. The van der Waals surface area contributed by atoms with Gasteiger partial charge in [-0.15, -0.1) is 0 Å². The average Bonchev–Trinajstić information content (AvgIpc) is 2.59. The maximum atomic E-state index is 11.5. The van der Waals surface area contributed by atoms with Crippen molar-refractivity contribution in [2.75, 3.05) is 7.11 Å². The molecule has 0 aliphatic heterocycles. The molecule has 0 radical (unpaired) electrons. The molecule has 0 fully saturated rings. The number of methoxy groups -OCH3 is 1. The van der Waals surface area contributed by atoms with Crippen LogP contribution in [0.3, 0.4) is 0 Å². The molecule has 0 bridgehead atoms. The third-order valence-electron chi connectivity index (χ3n) is 3.62. The second-order valence-electron chi connectivity index (χ2n) is 5.79. The van der Waals surface area contributed by atoms with E-state index in [0.717, 1.165) is 18.4 Å². The first-order valence-corrected chi connectivity index (χ1v) is 6.12. The fraction of sp³-hybridized carbons (Fsp3) is 0.533. The largest absolute Gasteiger partial charge is 0.469 e. The molecular weight excluding hydrogens is 212 g/mol. The topological polar surface area (TPSA) is 26.3 Å². The number of ether oxygens (including phenoxy) is 1. The van der Waals surface area contributed by atoms with E-state index in [1.54, 1.807) is 0 Å². The Labute approximate surface area is 103 Å². The molecule has 0 N–H and O–H groups in total. The number of carbonyl (C=O) groups excluding carboxylic acids is 1. The minimum Gasteiger partial charge on any atom is -0.469 e. The van der Waals surface area contributed by atoms with E-state index >= 15 is 0 Å². The minimum absolute atomic E-state index is 0.165. The average molecular weight is 232 g/mol. The summed E-state index contributed by atoms with van der Waals surface area (Å²) in [5.74, 6) is -0.337. The van der Waals surface area contributed by atoms with E-state index in [-0.39, 0.29) is 11.9 Å². The Morgan fingerprint density at radius 3 is 2.59 bits per heavy atom. The molecular formula is C15H20O2. The van der Waals surface area contributed by atoms with Crippen LogP contribution in [0.4, 0.5) is 0 Å². The number of rotatable bonds is 2. The van der Waals surface area contributed by atoms with Crippen molar-refractivity contribution in [3.63, 3.8) is 0 Å². The first kappa shape index (κ1) is 12.2. The van der Waals surface area contributed by atoms with Crippen molar-refractivity contribution < 1.29 is 9.53 Å². The van der Waals surface area contributed by atoms with Gasteiger partial charge in [-0.3, -0.25) is 4.79 Å². The minimum atomic E-state index is -0.172. The molecule has 0 saturated carbocycles. The molecule has 1 aliphatic rings. The Morgan fingerprint density at radius 2 is 1.94 bits per heavy atom. The normalized spacial score (nSPS) is 18.6. The predicted octanol–water partition coefficient (Wildman–Crippen LogP) is 3.09. The van der Waals surface area contributed by atoms with Crippen LogP contribution in [-0.2, 0) is 22.4 Å². The molecule has 0 spiro atoms. The van der Waals surface area contributed by atoms with Crippen LogP contribution in [0.5, 0.6) is 0 Å². The van der Waals surface area contributed by atoms with Gasteiger partial charge in [-0.1, -0.05) is 32.0 Å². The lowest BCUT2D eigenvalue weighted by Crippen LogP contribution is -2.11. The molecule has 1 atom stereocenters. The first-order valence-electron chi connectivity index (χ1n) is 6.12. The molecule has 1 aliphatic carbocycles. The highest BCUT2D eigenvalue weighted by Gasteiger charge is 2.29. The van der Waals surface area contributed by atoms with E-state index < -0.39 is 0 Å². The van der Waals surface area contributed by atoms with Crippen LogP contribution in [0.1, 0.15) is 43.4 Å². The van der Waals surface area contributed by atoms with Gasteiger partial charge in [-0.05, 0) is 41.9 Å². The van der Waals surface area contributed by atoms with E-state index in [0.29, 0.717) is 5.41 Å². The summed E-state index contributed by atoms with van der Waals surface area (Å²) in [4.78, 5) is 11.5. The van der Waals surface area contributed by atoms with E-state index in [4.69, 9.17) is 4.74 Å². The second kappa shape index (κ2) is 4.17. The van der Waals surface area contributed by atoms with Crippen LogP contribution in [0, 0.1) is 5.41 Å². The number of fused-ring (bicyclic) bond motifs is 1. The van der Waals surface area contributed by atoms with Crippen LogP contribution in [0.15, 0.2) is 18.2 Å². The van der Waals surface area contributed by atoms with Crippen molar-refractivity contribution in [3.8, 4) is 0 Å². The maximum absolute atomic E-state index is 11.5. The third-order valence-corrected chi connectivity index (χ3v) is 3.62. The number of hydrogen-bond acceptors (Lipinski definition) is 2. The van der Waals surface area contributed by atoms with Crippen molar-refractivity contribution in [3.05, 3.63) is 34.9 Å². The van der Waals surface area contributed by atoms with Gasteiger partial charge in [0.25, 0.3) is 0 Å². The first-order chi connectivity index (χ1) is 7.93. The molecule has 92 valence electrons. The molecule has 2 nitrogen and oxygen atoms in total. The predicted molar refractivity (Wildman–Crippen MR) is 68.1 cm³/mol. The Kier molecular flexibility index (Phi) is 2.98. The molecule has 0 aromatic heterocycles. The molecule has 1 unspecified atom stereocenters. The summed E-state index contributed by atoms with van der Waals surface area (Å²) in [7, 11) is 1.44. The van der Waals surface area contributed by atoms with Gasteiger partial charge in [-0.2, -0.15) is 0 Å². The molecule has 2 heteroatoms. The van der Waals surface area contributed by atoms with Crippen molar-refractivity contribution in [2.24, 2.45) is 5.41 Å². The highest BCUT2D eigenvalue weighted by atomic mass is 16.5. The Morgan fingerprint density at radius 1 is 1.29 bits per heavy atom. The number of carbonyl (C=O) groups is 1. The third kappa shape index (κ3) is 2.36. The van der Waals surface area contributed by atoms with Gasteiger partial charge in [0.05, 0.1) is 13.0 Å². The summed E-state index contributed by atoms with van der Waals surface area (Å²) in [6.45, 7) is 6.47. The van der Waals surface area contributed by atoms with E-state index in [1.807, 2.05) is 6.92 Å². The van der Waals surface area contributed by atoms with E-state index in [9.17, 15) is 4.79 Å². The van der Waals surface area contributed by atoms with Gasteiger partial charge in [-0.25, -0.2) is 0 Å². The molecule has 0 heterocycles. The monoisotopic (exact) mass is 232 g/mol. The van der Waals surface area contributed by atoms with Crippen molar-refractivity contribution >= 4 is 5.97 Å². The fourth-order valence-electron chi connectivity index (χ4n) is 2.66. The zero-order valence-electron chi connectivity index (χ0n) is 11.0. The lowest BCUT2D eigenvalue weighted by Gasteiger charge is -2.14. The van der Waals surface area contributed by atoms with Gasteiger partial charge in [0.15, 0.2) is 0 Å². The fourth-order valence-corrected chi connectivity index (χ4v) is 2.66. The lowest BCUT2D eigenvalue weighted by atomic mass is 9.90. The molecule has 17 heavy (non-hydrogen) atoms. The van der Waals surface area contributed by atoms with Crippen LogP contribution in [0.25, 0.3) is 0 Å². The summed E-state index contributed by atoms with van der Waals surface area (Å²) in [5, 5.41) is 0. The van der Waals surface area contributed by atoms with Gasteiger partial charge in [0, 0.05) is 0 Å². The zero-order valence-corrected chi connectivity index (χ0v) is 11.0. The number of esters is 1. The SMILES string of the molecule is COC(=O)C(C)c1ccc2c(c1)CC(C)(C)C2. The summed E-state index contributed by atoms with van der Waals surface area (Å²) < 4.78 is 4.79. The standard InChI is InChI=1S/C15H20O2/c1-10(14(16)17-4)11-5-6-12-8-15(2,3)9-13(12)7-11/h5-7,10H,8-9H2,1-4H3. The zero-order chi connectivity index (χ0) is 12.6. The highest BCUT2D eigenvalue weighted by molar-refractivity contribution is 5.77. The summed E-state index contributed by atoms with van der Waals surface area (Å²) in [6, 6.07) is 6.40. The van der Waals surface area contributed by atoms with Crippen LogP contribution >= 0.6 is 0 Å². The summed E-state index contributed by atoms with van der Waals surface area (Å²) in [6.07, 6.45) is 2.24. The Hall–Kier alpha value is -1.31. The van der Waals surface area contributed by atoms with E-state index in [1.165, 1.54) is 18.2 Å². The van der Waals surface area contributed by atoms with Crippen LogP contribution < -0.4 is 0 Å². The van der Waals surface area contributed by atoms with Crippen molar-refractivity contribution in [1.82, 2.24) is 0 Å². The molecule has 0 saturated heterocycles. The summed E-state index contributed by atoms with van der Waals surface area (Å²) >= 11 is 0. The maximum Gasteiger partial charge on any atom is 0.312 e. The van der Waals surface area contributed by atoms with Gasteiger partial charge >= 0.3 is 5.97 Å². The van der Waals surface area contributed by atoms with Crippen molar-refractivity contribution in [2.45, 2.75) is 39.5 Å². The number of hydrogen-bond donors (Lipinski definition) is 0. The number of benzene rings is 1. The van der Waals surface area contributed by atoms with Crippen molar-refractivity contribution in [1.29, 1.82) is 0 Å². The molecule has 1 aromatic carbocycles. The van der Waals surface area contributed by atoms with Gasteiger partial charge in [0.1, 0.15) is 0 Å². The molecule has 0 amide bonds. The second-order valence-corrected chi connectivity index (χ2v) is 5.79. The van der Waals surface area contributed by atoms with Crippen LogP contribution in [-0.4, -0.2) is 13.1 Å². The Balaban J connectivity index is 2.28. The molecule has 2 rings (SSSR count). The summed E-state index contributed by atoms with van der Waals surface area (Å²) in [5.41, 5.74) is 4.24. The molecule has 1 aromatic rings. The van der Waals surface area contributed by atoms with Gasteiger partial charge in [0.2, 0.25) is 0 Å². The Bertz CT molecular complexity index is 446. The highest BCUT2D eigenvalue weighted by Crippen LogP contribution is 2.37.